The van der Waals surface area contributed by atoms with Crippen molar-refractivity contribution in [2.24, 2.45) is 11.7 Å². The van der Waals surface area contributed by atoms with Gasteiger partial charge in [0.15, 0.2) is 0 Å². The molecular weight excluding hydrogens is 230 g/mol. The molecule has 1 aromatic rings. The van der Waals surface area contributed by atoms with E-state index in [2.05, 4.69) is 0 Å². The molecule has 0 aliphatic carbocycles. The van der Waals surface area contributed by atoms with Gasteiger partial charge in [-0.3, -0.25) is 0 Å². The molecule has 2 N–H and O–H groups in total. The summed E-state index contributed by atoms with van der Waals surface area (Å²) in [4.78, 5) is 0. The normalized spacial score (nSPS) is 19.1. The molecule has 0 radical (unpaired) electrons. The Balaban J connectivity index is 1.56. The number of nitrogens with two attached hydrogens (primary N) is 1. The first-order valence-electron chi connectivity index (χ1n) is 6.46. The lowest BCUT2D eigenvalue weighted by atomic mass is 10.1. The zero-order valence-electron chi connectivity index (χ0n) is 10.6. The van der Waals surface area contributed by atoms with Gasteiger partial charge in [-0.15, -0.1) is 0 Å². The maximum atomic E-state index is 5.57. The molecule has 1 atom stereocenters. The second-order valence-electron chi connectivity index (χ2n) is 4.50. The van der Waals surface area contributed by atoms with Gasteiger partial charge >= 0.3 is 0 Å². The standard InChI is InChI=1S/C14H21NO3/c15-9-12-1-3-14(4-2-12)18-8-7-17-11-13-5-6-16-10-13/h1-4,13H,5-11,15H2. The predicted molar refractivity (Wildman–Crippen MR) is 69.6 cm³/mol. The maximum Gasteiger partial charge on any atom is 0.119 e. The van der Waals surface area contributed by atoms with E-state index in [1.165, 1.54) is 0 Å². The highest BCUT2D eigenvalue weighted by molar-refractivity contribution is 5.26. The molecule has 100 valence electrons. The average molecular weight is 251 g/mol. The third-order valence-electron chi connectivity index (χ3n) is 3.03. The fourth-order valence-corrected chi connectivity index (χ4v) is 1.90. The van der Waals surface area contributed by atoms with E-state index in [0.29, 0.717) is 25.7 Å². The molecule has 0 bridgehead atoms. The highest BCUT2D eigenvalue weighted by Gasteiger charge is 2.15. The van der Waals surface area contributed by atoms with E-state index >= 15 is 0 Å². The van der Waals surface area contributed by atoms with E-state index < -0.39 is 0 Å². The van der Waals surface area contributed by atoms with Crippen LogP contribution in [-0.2, 0) is 16.0 Å². The average Bonchev–Trinajstić information content (AvgIpc) is 2.92. The topological polar surface area (TPSA) is 53.7 Å². The van der Waals surface area contributed by atoms with Gasteiger partial charge in [0.25, 0.3) is 0 Å². The van der Waals surface area contributed by atoms with Crippen LogP contribution in [0.5, 0.6) is 5.75 Å². The van der Waals surface area contributed by atoms with Gasteiger partial charge in [0, 0.05) is 19.1 Å². The SMILES string of the molecule is NCc1ccc(OCCOCC2CCOC2)cc1. The Morgan fingerprint density at radius 2 is 2.06 bits per heavy atom. The van der Waals surface area contributed by atoms with Crippen LogP contribution in [-0.4, -0.2) is 33.0 Å². The van der Waals surface area contributed by atoms with Gasteiger partial charge in [-0.2, -0.15) is 0 Å². The van der Waals surface area contributed by atoms with Crippen LogP contribution in [0.15, 0.2) is 24.3 Å². The van der Waals surface area contributed by atoms with Crippen LogP contribution >= 0.6 is 0 Å². The van der Waals surface area contributed by atoms with E-state index in [9.17, 15) is 0 Å². The summed E-state index contributed by atoms with van der Waals surface area (Å²) >= 11 is 0. The second-order valence-corrected chi connectivity index (χ2v) is 4.50. The van der Waals surface area contributed by atoms with Crippen LogP contribution in [0.3, 0.4) is 0 Å². The van der Waals surface area contributed by atoms with Crippen molar-refractivity contribution in [1.29, 1.82) is 0 Å². The zero-order valence-corrected chi connectivity index (χ0v) is 10.6. The Bertz CT molecular complexity index is 333. The Morgan fingerprint density at radius 1 is 1.22 bits per heavy atom. The first-order valence-corrected chi connectivity index (χ1v) is 6.46. The lowest BCUT2D eigenvalue weighted by molar-refractivity contribution is 0.0684. The first kappa shape index (κ1) is 13.3. The second kappa shape index (κ2) is 7.36. The summed E-state index contributed by atoms with van der Waals surface area (Å²) in [6.45, 7) is 4.24. The maximum absolute atomic E-state index is 5.57. The molecule has 4 nitrogen and oxygen atoms in total. The quantitative estimate of drug-likeness (QED) is 0.747. The van der Waals surface area contributed by atoms with E-state index in [1.807, 2.05) is 24.3 Å². The van der Waals surface area contributed by atoms with E-state index in [0.717, 1.165) is 37.6 Å². The van der Waals surface area contributed by atoms with Crippen molar-refractivity contribution in [2.45, 2.75) is 13.0 Å². The van der Waals surface area contributed by atoms with Crippen LogP contribution < -0.4 is 10.5 Å². The molecule has 1 aliphatic heterocycles. The molecule has 1 aliphatic rings. The summed E-state index contributed by atoms with van der Waals surface area (Å²) in [6, 6.07) is 7.83. The van der Waals surface area contributed by atoms with Crippen LogP contribution in [0, 0.1) is 5.92 Å². The van der Waals surface area contributed by atoms with E-state index in [1.54, 1.807) is 0 Å². The van der Waals surface area contributed by atoms with Gasteiger partial charge < -0.3 is 19.9 Å². The number of benzene rings is 1. The molecule has 18 heavy (non-hydrogen) atoms. The van der Waals surface area contributed by atoms with Crippen LogP contribution in [0.4, 0.5) is 0 Å². The van der Waals surface area contributed by atoms with Crippen molar-refractivity contribution in [3.8, 4) is 5.75 Å². The van der Waals surface area contributed by atoms with Gasteiger partial charge in [-0.1, -0.05) is 12.1 Å². The molecule has 4 heteroatoms. The molecule has 2 rings (SSSR count). The summed E-state index contributed by atoms with van der Waals surface area (Å²) < 4.78 is 16.4. The summed E-state index contributed by atoms with van der Waals surface area (Å²) in [5.41, 5.74) is 6.64. The number of hydrogen-bond acceptors (Lipinski definition) is 4. The molecule has 0 saturated carbocycles. The van der Waals surface area contributed by atoms with Gasteiger partial charge in [-0.25, -0.2) is 0 Å². The molecule has 1 saturated heterocycles. The van der Waals surface area contributed by atoms with E-state index in [4.69, 9.17) is 19.9 Å². The highest BCUT2D eigenvalue weighted by atomic mass is 16.5. The van der Waals surface area contributed by atoms with Crippen molar-refractivity contribution in [1.82, 2.24) is 0 Å². The number of rotatable bonds is 7. The largest absolute Gasteiger partial charge is 0.491 e. The van der Waals surface area contributed by atoms with Crippen LogP contribution in [0.1, 0.15) is 12.0 Å². The summed E-state index contributed by atoms with van der Waals surface area (Å²) in [5.74, 6) is 1.42. The van der Waals surface area contributed by atoms with Crippen molar-refractivity contribution >= 4 is 0 Å². The third-order valence-corrected chi connectivity index (χ3v) is 3.03. The van der Waals surface area contributed by atoms with Gasteiger partial charge in [0.2, 0.25) is 0 Å². The number of ether oxygens (including phenoxy) is 3. The summed E-state index contributed by atoms with van der Waals surface area (Å²) in [7, 11) is 0. The van der Waals surface area contributed by atoms with Crippen LogP contribution in [0.25, 0.3) is 0 Å². The molecule has 0 spiro atoms. The van der Waals surface area contributed by atoms with E-state index in [-0.39, 0.29) is 0 Å². The first-order chi connectivity index (χ1) is 8.88. The Labute approximate surface area is 108 Å². The lowest BCUT2D eigenvalue weighted by Crippen LogP contribution is -2.13. The molecule has 1 fully saturated rings. The van der Waals surface area contributed by atoms with Crippen molar-refractivity contribution in [2.75, 3.05) is 33.0 Å². The fourth-order valence-electron chi connectivity index (χ4n) is 1.90. The van der Waals surface area contributed by atoms with Crippen LogP contribution in [0.2, 0.25) is 0 Å². The molecule has 0 aromatic heterocycles. The van der Waals surface area contributed by atoms with Crippen molar-refractivity contribution in [3.05, 3.63) is 29.8 Å². The summed E-state index contributed by atoms with van der Waals surface area (Å²) in [6.07, 6.45) is 1.11. The molecule has 1 aromatic carbocycles. The van der Waals surface area contributed by atoms with Crippen molar-refractivity contribution in [3.63, 3.8) is 0 Å². The lowest BCUT2D eigenvalue weighted by Gasteiger charge is -2.10. The molecular formula is C14H21NO3. The Kier molecular flexibility index (Phi) is 5.45. The smallest absolute Gasteiger partial charge is 0.119 e. The molecule has 1 unspecified atom stereocenters. The molecule has 1 heterocycles. The van der Waals surface area contributed by atoms with Gasteiger partial charge in [0.05, 0.1) is 19.8 Å². The Hall–Kier alpha value is -1.10. The zero-order chi connectivity index (χ0) is 12.6. The minimum Gasteiger partial charge on any atom is -0.491 e. The molecule has 0 amide bonds. The van der Waals surface area contributed by atoms with Gasteiger partial charge in [-0.05, 0) is 24.1 Å². The Morgan fingerprint density at radius 3 is 2.72 bits per heavy atom. The third kappa shape index (κ3) is 4.29. The minimum atomic E-state index is 0.562. The fraction of sp³-hybridized carbons (Fsp3) is 0.571. The number of hydrogen-bond donors (Lipinski definition) is 1. The minimum absolute atomic E-state index is 0.562. The highest BCUT2D eigenvalue weighted by Crippen LogP contribution is 2.13. The predicted octanol–water partition coefficient (Wildman–Crippen LogP) is 1.58. The monoisotopic (exact) mass is 251 g/mol. The van der Waals surface area contributed by atoms with Gasteiger partial charge in [0.1, 0.15) is 12.4 Å². The van der Waals surface area contributed by atoms with Crippen molar-refractivity contribution < 1.29 is 14.2 Å². The summed E-state index contributed by atoms with van der Waals surface area (Å²) in [5, 5.41) is 0.